The molecule has 1 heterocycles. The van der Waals surface area contributed by atoms with Crippen molar-refractivity contribution in [1.82, 2.24) is 9.97 Å². The molecule has 5 nitrogen and oxygen atoms in total. The van der Waals surface area contributed by atoms with Gasteiger partial charge in [0.2, 0.25) is 0 Å². The zero-order valence-electron chi connectivity index (χ0n) is 16.1. The van der Waals surface area contributed by atoms with Gasteiger partial charge in [0.05, 0.1) is 23.9 Å². The van der Waals surface area contributed by atoms with Crippen LogP contribution in [0.15, 0.2) is 77.9 Å². The zero-order chi connectivity index (χ0) is 20.2. The molecule has 0 aliphatic rings. The minimum Gasteiger partial charge on any atom is -0.497 e. The molecule has 29 heavy (non-hydrogen) atoms. The Morgan fingerprint density at radius 1 is 0.931 bits per heavy atom. The minimum absolute atomic E-state index is 0.307. The highest BCUT2D eigenvalue weighted by atomic mass is 19.1. The molecule has 1 N–H and O–H groups in total. The molecule has 0 atom stereocenters. The number of aromatic nitrogens is 2. The highest BCUT2D eigenvalue weighted by Crippen LogP contribution is 2.26. The summed E-state index contributed by atoms with van der Waals surface area (Å²) in [6, 6.07) is 21.6. The van der Waals surface area contributed by atoms with E-state index in [9.17, 15) is 4.39 Å². The Morgan fingerprint density at radius 3 is 2.41 bits per heavy atom. The van der Waals surface area contributed by atoms with Crippen LogP contribution in [0.3, 0.4) is 0 Å². The molecule has 6 heteroatoms. The highest BCUT2D eigenvalue weighted by Gasteiger charge is 2.12. The molecule has 0 aliphatic heterocycles. The second-order valence-electron chi connectivity index (χ2n) is 6.43. The third-order valence-electron chi connectivity index (χ3n) is 4.56. The first-order valence-electron chi connectivity index (χ1n) is 9.12. The van der Waals surface area contributed by atoms with Crippen molar-refractivity contribution in [3.05, 3.63) is 84.2 Å². The lowest BCUT2D eigenvalue weighted by molar-refractivity contribution is 0.415. The summed E-state index contributed by atoms with van der Waals surface area (Å²) >= 11 is 0. The summed E-state index contributed by atoms with van der Waals surface area (Å²) in [4.78, 5) is 9.05. The van der Waals surface area contributed by atoms with Crippen molar-refractivity contribution in [2.45, 2.75) is 6.92 Å². The summed E-state index contributed by atoms with van der Waals surface area (Å²) in [5, 5.41) is 5.27. The third kappa shape index (κ3) is 3.91. The van der Waals surface area contributed by atoms with E-state index in [0.717, 1.165) is 22.4 Å². The number of hydrazone groups is 1. The number of methoxy groups -OCH3 is 1. The van der Waals surface area contributed by atoms with Gasteiger partial charge in [0.1, 0.15) is 11.6 Å². The predicted molar refractivity (Wildman–Crippen MR) is 114 cm³/mol. The molecule has 0 saturated heterocycles. The summed E-state index contributed by atoms with van der Waals surface area (Å²) in [5.41, 5.74) is 5.81. The molecular weight excluding hydrogens is 367 g/mol. The number of rotatable bonds is 5. The summed E-state index contributed by atoms with van der Waals surface area (Å²) in [6.07, 6.45) is 0. The average Bonchev–Trinajstić information content (AvgIpc) is 2.77. The van der Waals surface area contributed by atoms with Crippen LogP contribution in [0.2, 0.25) is 0 Å². The Balaban J connectivity index is 1.73. The maximum atomic E-state index is 14.3. The lowest BCUT2D eigenvalue weighted by Gasteiger charge is -2.10. The summed E-state index contributed by atoms with van der Waals surface area (Å²) in [5.74, 6) is 1.24. The number of hydrogen-bond acceptors (Lipinski definition) is 5. The molecule has 0 spiro atoms. The van der Waals surface area contributed by atoms with Crippen molar-refractivity contribution in [2.24, 2.45) is 5.10 Å². The fourth-order valence-electron chi connectivity index (χ4n) is 2.96. The lowest BCUT2D eigenvalue weighted by Crippen LogP contribution is -2.03. The van der Waals surface area contributed by atoms with Gasteiger partial charge in [0, 0.05) is 5.39 Å². The normalized spacial score (nSPS) is 11.5. The fraction of sp³-hybridized carbons (Fsp3) is 0.0870. The molecule has 1 aromatic heterocycles. The zero-order valence-corrected chi connectivity index (χ0v) is 16.1. The molecule has 3 aromatic carbocycles. The van der Waals surface area contributed by atoms with Crippen molar-refractivity contribution in [1.29, 1.82) is 0 Å². The van der Waals surface area contributed by atoms with Gasteiger partial charge in [-0.15, -0.1) is 0 Å². The van der Waals surface area contributed by atoms with Crippen LogP contribution in [0.25, 0.3) is 22.3 Å². The number of para-hydroxylation sites is 1. The average molecular weight is 386 g/mol. The smallest absolute Gasteiger partial charge is 0.165 e. The van der Waals surface area contributed by atoms with E-state index in [1.807, 2.05) is 55.5 Å². The summed E-state index contributed by atoms with van der Waals surface area (Å²) in [7, 11) is 1.63. The highest BCUT2D eigenvalue weighted by molar-refractivity contribution is 5.99. The van der Waals surface area contributed by atoms with Gasteiger partial charge in [-0.3, -0.25) is 5.43 Å². The van der Waals surface area contributed by atoms with Crippen molar-refractivity contribution in [2.75, 3.05) is 12.5 Å². The van der Waals surface area contributed by atoms with E-state index in [1.54, 1.807) is 25.3 Å². The number of hydrogen-bond donors (Lipinski definition) is 1. The number of anilines is 1. The van der Waals surface area contributed by atoms with Crippen LogP contribution in [0.5, 0.6) is 5.75 Å². The standard InChI is InChI=1S/C23H19FN4O/c1-15(16-11-13-17(29-2)14-12-16)27-28-23-19-8-4-6-10-21(19)25-22(26-23)18-7-3-5-9-20(18)24/h3-14H,1-2H3,(H,25,26,28). The van der Waals surface area contributed by atoms with Gasteiger partial charge < -0.3 is 4.74 Å². The number of nitrogens with zero attached hydrogens (tertiary/aromatic N) is 3. The summed E-state index contributed by atoms with van der Waals surface area (Å²) in [6.45, 7) is 1.90. The molecular formula is C23H19FN4O. The Kier molecular flexibility index (Phi) is 5.16. The monoisotopic (exact) mass is 386 g/mol. The molecule has 0 unspecified atom stereocenters. The molecule has 0 aliphatic carbocycles. The largest absolute Gasteiger partial charge is 0.497 e. The SMILES string of the molecule is COc1ccc(C(C)=NNc2nc(-c3ccccc3F)nc3ccccc23)cc1. The van der Waals surface area contributed by atoms with Crippen LogP contribution in [0.4, 0.5) is 10.2 Å². The van der Waals surface area contributed by atoms with Crippen molar-refractivity contribution >= 4 is 22.4 Å². The fourth-order valence-corrected chi connectivity index (χ4v) is 2.96. The van der Waals surface area contributed by atoms with Crippen LogP contribution in [-0.2, 0) is 0 Å². The summed E-state index contributed by atoms with van der Waals surface area (Å²) < 4.78 is 19.5. The van der Waals surface area contributed by atoms with Gasteiger partial charge in [0.25, 0.3) is 0 Å². The maximum absolute atomic E-state index is 14.3. The Hall–Kier alpha value is -3.80. The number of halogens is 1. The molecule has 0 saturated carbocycles. The van der Waals surface area contributed by atoms with E-state index in [1.165, 1.54) is 6.07 Å². The first-order chi connectivity index (χ1) is 14.2. The van der Waals surface area contributed by atoms with Gasteiger partial charge in [-0.1, -0.05) is 24.3 Å². The molecule has 0 bridgehead atoms. The van der Waals surface area contributed by atoms with E-state index in [-0.39, 0.29) is 5.82 Å². The molecule has 4 aromatic rings. The van der Waals surface area contributed by atoms with Crippen LogP contribution in [0.1, 0.15) is 12.5 Å². The Bertz CT molecular complexity index is 1190. The molecule has 0 fully saturated rings. The Morgan fingerprint density at radius 2 is 1.66 bits per heavy atom. The number of benzene rings is 3. The van der Waals surface area contributed by atoms with E-state index >= 15 is 0 Å². The van der Waals surface area contributed by atoms with Gasteiger partial charge >= 0.3 is 0 Å². The van der Waals surface area contributed by atoms with Crippen molar-refractivity contribution in [3.63, 3.8) is 0 Å². The molecule has 0 radical (unpaired) electrons. The van der Waals surface area contributed by atoms with Gasteiger partial charge in [0.15, 0.2) is 11.6 Å². The van der Waals surface area contributed by atoms with E-state index in [4.69, 9.17) is 4.74 Å². The molecule has 144 valence electrons. The van der Waals surface area contributed by atoms with Crippen LogP contribution >= 0.6 is 0 Å². The van der Waals surface area contributed by atoms with Crippen molar-refractivity contribution < 1.29 is 9.13 Å². The predicted octanol–water partition coefficient (Wildman–Crippen LogP) is 5.28. The second-order valence-corrected chi connectivity index (χ2v) is 6.43. The van der Waals surface area contributed by atoms with E-state index < -0.39 is 0 Å². The van der Waals surface area contributed by atoms with Gasteiger partial charge in [-0.2, -0.15) is 5.10 Å². The third-order valence-corrected chi connectivity index (χ3v) is 4.56. The first kappa shape index (κ1) is 18.6. The van der Waals surface area contributed by atoms with E-state index in [0.29, 0.717) is 22.7 Å². The minimum atomic E-state index is -0.369. The second kappa shape index (κ2) is 8.06. The number of nitrogens with one attached hydrogen (secondary N) is 1. The van der Waals surface area contributed by atoms with Crippen molar-refractivity contribution in [3.8, 4) is 17.1 Å². The molecule has 4 rings (SSSR count). The lowest BCUT2D eigenvalue weighted by atomic mass is 10.1. The number of ether oxygens (including phenoxy) is 1. The van der Waals surface area contributed by atoms with Crippen LogP contribution < -0.4 is 10.2 Å². The van der Waals surface area contributed by atoms with Crippen LogP contribution in [0, 0.1) is 5.82 Å². The Labute approximate surface area is 167 Å². The van der Waals surface area contributed by atoms with E-state index in [2.05, 4.69) is 20.5 Å². The first-order valence-corrected chi connectivity index (χ1v) is 9.12. The van der Waals surface area contributed by atoms with Gasteiger partial charge in [-0.25, -0.2) is 14.4 Å². The quantitative estimate of drug-likeness (QED) is 0.374. The molecule has 0 amide bonds. The van der Waals surface area contributed by atoms with Crippen LogP contribution in [-0.4, -0.2) is 22.8 Å². The topological polar surface area (TPSA) is 59.4 Å². The number of fused-ring (bicyclic) bond motifs is 1. The maximum Gasteiger partial charge on any atom is 0.165 e. The van der Waals surface area contributed by atoms with Gasteiger partial charge in [-0.05, 0) is 61.0 Å².